The SMILES string of the molecule is C=C1C[C@@H](C(=O)Nc2ccc3c(c2)c2ccccc2n3CC)N(C(=O)CCCN(C)C)C1. The second-order valence-electron chi connectivity index (χ2n) is 8.88. The van der Waals surface area contributed by atoms with Gasteiger partial charge in [-0.15, -0.1) is 0 Å². The summed E-state index contributed by atoms with van der Waals surface area (Å²) in [5.74, 6) is -0.129. The second-order valence-corrected chi connectivity index (χ2v) is 8.88. The highest BCUT2D eigenvalue weighted by Gasteiger charge is 2.35. The lowest BCUT2D eigenvalue weighted by Gasteiger charge is -2.24. The van der Waals surface area contributed by atoms with Crippen LogP contribution in [0.2, 0.25) is 0 Å². The Morgan fingerprint density at radius 1 is 1.12 bits per heavy atom. The Balaban J connectivity index is 1.54. The minimum absolute atomic E-state index is 0.0205. The molecule has 0 saturated carbocycles. The van der Waals surface area contributed by atoms with Crippen LogP contribution in [0.1, 0.15) is 26.2 Å². The number of hydrogen-bond donors (Lipinski definition) is 1. The van der Waals surface area contributed by atoms with Crippen LogP contribution in [-0.2, 0) is 16.1 Å². The molecule has 1 saturated heterocycles. The van der Waals surface area contributed by atoms with Crippen molar-refractivity contribution in [1.29, 1.82) is 0 Å². The number of fused-ring (bicyclic) bond motifs is 3. The zero-order chi connectivity index (χ0) is 22.8. The molecule has 168 valence electrons. The Morgan fingerprint density at radius 2 is 1.88 bits per heavy atom. The molecule has 1 aliphatic heterocycles. The van der Waals surface area contributed by atoms with Crippen molar-refractivity contribution in [2.75, 3.05) is 32.5 Å². The first-order valence-corrected chi connectivity index (χ1v) is 11.3. The third-order valence-electron chi connectivity index (χ3n) is 6.23. The van der Waals surface area contributed by atoms with Gasteiger partial charge in [0, 0.05) is 47.0 Å². The number of anilines is 1. The van der Waals surface area contributed by atoms with E-state index in [1.54, 1.807) is 4.90 Å². The number of carbonyl (C=O) groups is 2. The standard InChI is InChI=1S/C26H32N4O2/c1-5-29-22-10-7-6-9-20(22)21-16-19(12-13-23(21)29)27-26(32)24-15-18(2)17-30(24)25(31)11-8-14-28(3)4/h6-7,9-10,12-13,16,24H,2,5,8,11,14-15,17H2,1,3-4H3,(H,27,32)/t24-/m0/s1. The number of aromatic nitrogens is 1. The van der Waals surface area contributed by atoms with E-state index < -0.39 is 6.04 Å². The Bertz CT molecular complexity index is 1180. The molecule has 6 nitrogen and oxygen atoms in total. The quantitative estimate of drug-likeness (QED) is 0.568. The normalized spacial score (nSPS) is 16.4. The summed E-state index contributed by atoms with van der Waals surface area (Å²) in [6, 6.07) is 13.9. The number of nitrogens with zero attached hydrogens (tertiary/aromatic N) is 3. The van der Waals surface area contributed by atoms with E-state index in [0.29, 0.717) is 19.4 Å². The molecule has 32 heavy (non-hydrogen) atoms. The van der Waals surface area contributed by atoms with Crippen LogP contribution in [0.3, 0.4) is 0 Å². The molecular formula is C26H32N4O2. The minimum Gasteiger partial charge on any atom is -0.341 e. The molecule has 2 aromatic carbocycles. The Labute approximate surface area is 189 Å². The molecule has 0 bridgehead atoms. The van der Waals surface area contributed by atoms with Gasteiger partial charge in [-0.2, -0.15) is 0 Å². The van der Waals surface area contributed by atoms with Gasteiger partial charge in [0.15, 0.2) is 0 Å². The van der Waals surface area contributed by atoms with Gasteiger partial charge in [-0.1, -0.05) is 30.4 Å². The van der Waals surface area contributed by atoms with Gasteiger partial charge in [0.25, 0.3) is 0 Å². The Kier molecular flexibility index (Phi) is 6.33. The van der Waals surface area contributed by atoms with Gasteiger partial charge in [0.2, 0.25) is 11.8 Å². The van der Waals surface area contributed by atoms with Gasteiger partial charge in [-0.3, -0.25) is 9.59 Å². The van der Waals surface area contributed by atoms with Crippen molar-refractivity contribution in [3.63, 3.8) is 0 Å². The molecule has 2 amide bonds. The van der Waals surface area contributed by atoms with Crippen molar-refractivity contribution in [2.24, 2.45) is 0 Å². The van der Waals surface area contributed by atoms with E-state index in [1.807, 2.05) is 38.4 Å². The lowest BCUT2D eigenvalue weighted by atomic mass is 10.1. The predicted molar refractivity (Wildman–Crippen MR) is 131 cm³/mol. The molecule has 1 fully saturated rings. The maximum absolute atomic E-state index is 13.2. The van der Waals surface area contributed by atoms with Crippen molar-refractivity contribution in [2.45, 2.75) is 38.8 Å². The summed E-state index contributed by atoms with van der Waals surface area (Å²) in [7, 11) is 3.99. The van der Waals surface area contributed by atoms with Crippen LogP contribution in [0.5, 0.6) is 0 Å². The topological polar surface area (TPSA) is 57.6 Å². The molecule has 3 aromatic rings. The van der Waals surface area contributed by atoms with E-state index in [0.717, 1.165) is 41.7 Å². The van der Waals surface area contributed by atoms with Crippen molar-refractivity contribution >= 4 is 39.3 Å². The zero-order valence-electron chi connectivity index (χ0n) is 19.2. The highest BCUT2D eigenvalue weighted by Crippen LogP contribution is 2.31. The molecular weight excluding hydrogens is 400 g/mol. The summed E-state index contributed by atoms with van der Waals surface area (Å²) in [5.41, 5.74) is 4.01. The molecule has 0 spiro atoms. The van der Waals surface area contributed by atoms with Crippen LogP contribution in [0, 0.1) is 0 Å². The third-order valence-corrected chi connectivity index (χ3v) is 6.23. The Morgan fingerprint density at radius 3 is 2.62 bits per heavy atom. The molecule has 0 radical (unpaired) electrons. The van der Waals surface area contributed by atoms with E-state index in [2.05, 4.69) is 46.5 Å². The van der Waals surface area contributed by atoms with Crippen LogP contribution < -0.4 is 5.32 Å². The number of hydrogen-bond acceptors (Lipinski definition) is 3. The van der Waals surface area contributed by atoms with Crippen molar-refractivity contribution in [1.82, 2.24) is 14.4 Å². The van der Waals surface area contributed by atoms with Crippen LogP contribution >= 0.6 is 0 Å². The summed E-state index contributed by atoms with van der Waals surface area (Å²) < 4.78 is 2.28. The van der Waals surface area contributed by atoms with Gasteiger partial charge in [0.1, 0.15) is 6.04 Å². The van der Waals surface area contributed by atoms with Crippen molar-refractivity contribution < 1.29 is 9.59 Å². The van der Waals surface area contributed by atoms with Crippen molar-refractivity contribution in [3.8, 4) is 0 Å². The fourth-order valence-electron chi connectivity index (χ4n) is 4.68. The molecule has 2 heterocycles. The summed E-state index contributed by atoms with van der Waals surface area (Å²) in [6.07, 6.45) is 1.74. The summed E-state index contributed by atoms with van der Waals surface area (Å²) in [6.45, 7) is 8.36. The molecule has 0 aliphatic carbocycles. The lowest BCUT2D eigenvalue weighted by molar-refractivity contribution is -0.136. The second kappa shape index (κ2) is 9.17. The average molecular weight is 433 g/mol. The number of amides is 2. The first-order valence-electron chi connectivity index (χ1n) is 11.3. The van der Waals surface area contributed by atoms with Gasteiger partial charge in [0.05, 0.1) is 0 Å². The molecule has 0 unspecified atom stereocenters. The summed E-state index contributed by atoms with van der Waals surface area (Å²) in [4.78, 5) is 29.7. The van der Waals surface area contributed by atoms with Crippen LogP contribution in [0.25, 0.3) is 21.8 Å². The first kappa shape index (κ1) is 22.1. The Hall–Kier alpha value is -3.12. The minimum atomic E-state index is -0.498. The highest BCUT2D eigenvalue weighted by molar-refractivity contribution is 6.10. The van der Waals surface area contributed by atoms with E-state index in [-0.39, 0.29) is 11.8 Å². The zero-order valence-corrected chi connectivity index (χ0v) is 19.2. The molecule has 6 heteroatoms. The predicted octanol–water partition coefficient (Wildman–Crippen LogP) is 4.25. The van der Waals surface area contributed by atoms with E-state index in [1.165, 1.54) is 10.9 Å². The molecule has 4 rings (SSSR count). The largest absolute Gasteiger partial charge is 0.341 e. The molecule has 1 aromatic heterocycles. The first-order chi connectivity index (χ1) is 15.4. The third kappa shape index (κ3) is 4.28. The number of rotatable bonds is 7. The summed E-state index contributed by atoms with van der Waals surface area (Å²) >= 11 is 0. The van der Waals surface area contributed by atoms with E-state index in [9.17, 15) is 9.59 Å². The average Bonchev–Trinajstić information content (AvgIpc) is 3.31. The number of para-hydroxylation sites is 1. The maximum atomic E-state index is 13.2. The highest BCUT2D eigenvalue weighted by atomic mass is 16.2. The van der Waals surface area contributed by atoms with Crippen LogP contribution in [0.4, 0.5) is 5.69 Å². The number of nitrogens with one attached hydrogen (secondary N) is 1. The van der Waals surface area contributed by atoms with E-state index >= 15 is 0 Å². The lowest BCUT2D eigenvalue weighted by Crippen LogP contribution is -2.43. The molecule has 1 atom stereocenters. The number of likely N-dealkylation sites (tertiary alicyclic amines) is 1. The fraction of sp³-hybridized carbons (Fsp3) is 0.385. The van der Waals surface area contributed by atoms with Crippen molar-refractivity contribution in [3.05, 3.63) is 54.6 Å². The van der Waals surface area contributed by atoms with Gasteiger partial charge >= 0.3 is 0 Å². The van der Waals surface area contributed by atoms with Crippen LogP contribution in [0.15, 0.2) is 54.6 Å². The fourth-order valence-corrected chi connectivity index (χ4v) is 4.68. The van der Waals surface area contributed by atoms with Crippen LogP contribution in [-0.4, -0.2) is 59.4 Å². The smallest absolute Gasteiger partial charge is 0.247 e. The van der Waals surface area contributed by atoms with Gasteiger partial charge in [-0.05, 0) is 64.7 Å². The van der Waals surface area contributed by atoms with Gasteiger partial charge in [-0.25, -0.2) is 0 Å². The molecule has 1 N–H and O–H groups in total. The van der Waals surface area contributed by atoms with Gasteiger partial charge < -0.3 is 19.7 Å². The number of aryl methyl sites for hydroxylation is 1. The number of carbonyl (C=O) groups excluding carboxylic acids is 2. The summed E-state index contributed by atoms with van der Waals surface area (Å²) in [5, 5.41) is 5.35. The maximum Gasteiger partial charge on any atom is 0.247 e. The molecule has 1 aliphatic rings. The number of benzene rings is 2. The monoisotopic (exact) mass is 432 g/mol. The van der Waals surface area contributed by atoms with E-state index in [4.69, 9.17) is 0 Å².